The van der Waals surface area contributed by atoms with Crippen molar-refractivity contribution in [2.24, 2.45) is 0 Å². The van der Waals surface area contributed by atoms with Crippen LogP contribution in [0.4, 0.5) is 23.2 Å². The smallest absolute Gasteiger partial charge is 0.390 e. The van der Waals surface area contributed by atoms with Crippen LogP contribution >= 0.6 is 0 Å². The Morgan fingerprint density at radius 2 is 1.87 bits per heavy atom. The number of alkyl halides is 3. The summed E-state index contributed by atoms with van der Waals surface area (Å²) in [4.78, 5) is 17.5. The third kappa shape index (κ3) is 5.70. The predicted octanol–water partition coefficient (Wildman–Crippen LogP) is 6.43. The Bertz CT molecular complexity index is 1550. The molecule has 6 nitrogen and oxygen atoms in total. The third-order valence-electron chi connectivity index (χ3n) is 5.96. The van der Waals surface area contributed by atoms with Crippen LogP contribution in [0.5, 0.6) is 0 Å². The highest BCUT2D eigenvalue weighted by atomic mass is 19.4. The van der Waals surface area contributed by atoms with Crippen molar-refractivity contribution < 1.29 is 27.5 Å². The first-order chi connectivity index (χ1) is 18.8. The van der Waals surface area contributed by atoms with Gasteiger partial charge < -0.3 is 15.7 Å². The zero-order chi connectivity index (χ0) is 28.2. The van der Waals surface area contributed by atoms with Crippen LogP contribution in [0.3, 0.4) is 0 Å². The molecule has 0 spiro atoms. The van der Waals surface area contributed by atoms with E-state index in [1.807, 2.05) is 26.0 Å². The molecule has 1 aliphatic heterocycles. The molecule has 0 atom stereocenters. The molecule has 0 radical (unpaired) electrons. The Labute approximate surface area is 222 Å². The van der Waals surface area contributed by atoms with Crippen LogP contribution < -0.4 is 10.6 Å². The molecule has 1 aliphatic rings. The Kier molecular flexibility index (Phi) is 8.15. The molecule has 0 saturated heterocycles. The Morgan fingerprint density at radius 1 is 1.13 bits per heavy atom. The Hall–Kier alpha value is -4.44. The average Bonchev–Trinajstić information content (AvgIpc) is 3.34. The number of fused-ring (bicyclic) bond motifs is 1. The number of carbonyl (C=O) groups excluding carboxylic acids is 1. The van der Waals surface area contributed by atoms with Gasteiger partial charge in [-0.05, 0) is 71.9 Å². The lowest BCUT2D eigenvalue weighted by Gasteiger charge is -2.15. The lowest BCUT2D eigenvalue weighted by atomic mass is 9.98. The van der Waals surface area contributed by atoms with E-state index in [9.17, 15) is 27.5 Å². The lowest BCUT2D eigenvalue weighted by molar-refractivity contribution is -0.137. The second kappa shape index (κ2) is 11.5. The van der Waals surface area contributed by atoms with Gasteiger partial charge in [-0.2, -0.15) is 13.2 Å². The minimum Gasteiger partial charge on any atom is -0.390 e. The maximum Gasteiger partial charge on any atom is 0.417 e. The van der Waals surface area contributed by atoms with Crippen LogP contribution in [-0.2, 0) is 12.8 Å². The van der Waals surface area contributed by atoms with E-state index in [4.69, 9.17) is 0 Å². The van der Waals surface area contributed by atoms with Crippen molar-refractivity contribution in [3.63, 3.8) is 0 Å². The number of nitrogens with one attached hydrogen (secondary N) is 2. The van der Waals surface area contributed by atoms with Gasteiger partial charge in [0.1, 0.15) is 11.5 Å². The SMILES string of the molecule is CC.O=C(Nc1ccc(F)cc1)c1cc(-c2cccn3c(C4=CC=CNC4)c(CO)nc23)ccc1C(F)(F)F. The van der Waals surface area contributed by atoms with Crippen LogP contribution in [0.25, 0.3) is 22.3 Å². The number of benzene rings is 2. The maximum absolute atomic E-state index is 13.8. The first-order valence-corrected chi connectivity index (χ1v) is 12.2. The fourth-order valence-corrected chi connectivity index (χ4v) is 4.29. The number of pyridine rings is 1. The summed E-state index contributed by atoms with van der Waals surface area (Å²) in [7, 11) is 0. The molecule has 2 aromatic heterocycles. The van der Waals surface area contributed by atoms with E-state index < -0.39 is 29.0 Å². The molecule has 0 bridgehead atoms. The van der Waals surface area contributed by atoms with Crippen molar-refractivity contribution in [1.29, 1.82) is 0 Å². The predicted molar refractivity (Wildman–Crippen MR) is 142 cm³/mol. The fraction of sp³-hybridized carbons (Fsp3) is 0.172. The van der Waals surface area contributed by atoms with Crippen molar-refractivity contribution >= 4 is 22.8 Å². The van der Waals surface area contributed by atoms with Crippen molar-refractivity contribution in [2.75, 3.05) is 11.9 Å². The number of imidazole rings is 1. The molecule has 0 unspecified atom stereocenters. The number of carbonyl (C=O) groups is 1. The van der Waals surface area contributed by atoms with Gasteiger partial charge >= 0.3 is 6.18 Å². The molecule has 1 amide bonds. The molecule has 2 aromatic carbocycles. The van der Waals surface area contributed by atoms with Crippen LogP contribution in [0.15, 0.2) is 79.1 Å². The highest BCUT2D eigenvalue weighted by molar-refractivity contribution is 6.06. The molecule has 0 fully saturated rings. The van der Waals surface area contributed by atoms with Crippen LogP contribution in [0, 0.1) is 5.82 Å². The van der Waals surface area contributed by atoms with Gasteiger partial charge in [0, 0.05) is 24.0 Å². The molecule has 5 rings (SSSR count). The van der Waals surface area contributed by atoms with Crippen LogP contribution in [0.2, 0.25) is 0 Å². The second-order valence-corrected chi connectivity index (χ2v) is 8.33. The third-order valence-corrected chi connectivity index (χ3v) is 5.96. The summed E-state index contributed by atoms with van der Waals surface area (Å²) in [5.41, 5.74) is 1.66. The van der Waals surface area contributed by atoms with E-state index in [1.54, 1.807) is 28.9 Å². The molecule has 3 heterocycles. The van der Waals surface area contributed by atoms with E-state index in [0.717, 1.165) is 29.8 Å². The number of allylic oxidation sites excluding steroid dienone is 2. The summed E-state index contributed by atoms with van der Waals surface area (Å²) >= 11 is 0. The number of hydrogen-bond donors (Lipinski definition) is 3. The molecule has 202 valence electrons. The zero-order valence-electron chi connectivity index (χ0n) is 21.2. The van der Waals surface area contributed by atoms with Gasteiger partial charge in [-0.15, -0.1) is 0 Å². The topological polar surface area (TPSA) is 78.7 Å². The second-order valence-electron chi connectivity index (χ2n) is 8.33. The van der Waals surface area contributed by atoms with Gasteiger partial charge in [0.2, 0.25) is 0 Å². The minimum absolute atomic E-state index is 0.154. The molecular formula is C29H26F4N4O2. The van der Waals surface area contributed by atoms with E-state index in [2.05, 4.69) is 15.6 Å². The normalized spacial score (nSPS) is 12.8. The highest BCUT2D eigenvalue weighted by Gasteiger charge is 2.35. The van der Waals surface area contributed by atoms with Gasteiger partial charge in [0.05, 0.1) is 29.1 Å². The van der Waals surface area contributed by atoms with Crippen molar-refractivity contribution in [3.8, 4) is 11.1 Å². The van der Waals surface area contributed by atoms with Gasteiger partial charge in [-0.1, -0.05) is 26.0 Å². The van der Waals surface area contributed by atoms with E-state index in [-0.39, 0.29) is 12.3 Å². The standard InChI is InChI=1S/C27H20F4N4O2.C2H6/c28-18-6-8-19(9-7-18)33-26(37)21-13-16(5-10-22(21)27(29,30)31)20-4-2-12-35-24(17-3-1-11-32-14-17)23(15-36)34-25(20)35;1-2/h1-13,32,36H,14-15H2,(H,33,37);1-2H3. The molecule has 10 heteroatoms. The number of aliphatic hydroxyl groups excluding tert-OH is 1. The number of hydrogen-bond acceptors (Lipinski definition) is 4. The highest BCUT2D eigenvalue weighted by Crippen LogP contribution is 2.36. The monoisotopic (exact) mass is 538 g/mol. The number of aromatic nitrogens is 2. The molecule has 3 N–H and O–H groups in total. The minimum atomic E-state index is -4.78. The maximum atomic E-state index is 13.8. The molecule has 39 heavy (non-hydrogen) atoms. The molecule has 0 saturated carbocycles. The van der Waals surface area contributed by atoms with E-state index >= 15 is 0 Å². The summed E-state index contributed by atoms with van der Waals surface area (Å²) in [6.07, 6.45) is 2.48. The molecular weight excluding hydrogens is 512 g/mol. The summed E-state index contributed by atoms with van der Waals surface area (Å²) < 4.78 is 56.4. The molecule has 0 aliphatic carbocycles. The van der Waals surface area contributed by atoms with E-state index in [0.29, 0.717) is 34.7 Å². The van der Waals surface area contributed by atoms with Crippen molar-refractivity contribution in [1.82, 2.24) is 14.7 Å². The zero-order valence-corrected chi connectivity index (χ0v) is 21.2. The van der Waals surface area contributed by atoms with Crippen LogP contribution in [-0.4, -0.2) is 26.9 Å². The lowest BCUT2D eigenvalue weighted by Crippen LogP contribution is -2.19. The summed E-state index contributed by atoms with van der Waals surface area (Å²) in [5.74, 6) is -1.53. The first-order valence-electron chi connectivity index (χ1n) is 12.2. The van der Waals surface area contributed by atoms with Gasteiger partial charge in [-0.3, -0.25) is 9.20 Å². The number of nitrogens with zero attached hydrogens (tertiary/aromatic N) is 2. The van der Waals surface area contributed by atoms with Crippen LogP contribution in [0.1, 0.15) is 41.2 Å². The summed E-state index contributed by atoms with van der Waals surface area (Å²) in [6, 6.07) is 11.4. The van der Waals surface area contributed by atoms with Gasteiger partial charge in [0.25, 0.3) is 5.91 Å². The Balaban J connectivity index is 0.00000172. The summed E-state index contributed by atoms with van der Waals surface area (Å²) in [5, 5.41) is 15.5. The quantitative estimate of drug-likeness (QED) is 0.256. The van der Waals surface area contributed by atoms with Gasteiger partial charge in [-0.25, -0.2) is 9.37 Å². The van der Waals surface area contributed by atoms with E-state index in [1.165, 1.54) is 18.2 Å². The van der Waals surface area contributed by atoms with Crippen molar-refractivity contribution in [2.45, 2.75) is 26.6 Å². The van der Waals surface area contributed by atoms with Gasteiger partial charge in [0.15, 0.2) is 0 Å². The summed E-state index contributed by atoms with van der Waals surface area (Å²) in [6.45, 7) is 4.17. The number of halogens is 4. The Morgan fingerprint density at radius 3 is 2.51 bits per heavy atom. The van der Waals surface area contributed by atoms with Crippen molar-refractivity contribution in [3.05, 3.63) is 107 Å². The number of amides is 1. The number of aliphatic hydroxyl groups is 1. The number of rotatable bonds is 5. The fourth-order valence-electron chi connectivity index (χ4n) is 4.29. The largest absolute Gasteiger partial charge is 0.417 e. The number of anilines is 1. The number of dihydropyridines is 1. The average molecular weight is 539 g/mol. The first kappa shape index (κ1) is 27.6. The molecule has 4 aromatic rings.